The minimum absolute atomic E-state index is 0.175. The molecule has 0 aliphatic carbocycles. The fourth-order valence-electron chi connectivity index (χ4n) is 2.87. The molecule has 0 radical (unpaired) electrons. The maximum atomic E-state index is 12.6. The lowest BCUT2D eigenvalue weighted by Gasteiger charge is -2.31. The van der Waals surface area contributed by atoms with Gasteiger partial charge in [0.15, 0.2) is 5.13 Å². The number of hydrogen-bond acceptors (Lipinski definition) is 5. The first kappa shape index (κ1) is 19.1. The van der Waals surface area contributed by atoms with E-state index < -0.39 is 21.8 Å². The zero-order valence-electron chi connectivity index (χ0n) is 13.7. The molecule has 1 aliphatic rings. The van der Waals surface area contributed by atoms with Crippen LogP contribution in [0.25, 0.3) is 0 Å². The van der Waals surface area contributed by atoms with E-state index in [-0.39, 0.29) is 11.8 Å². The Morgan fingerprint density at radius 2 is 1.85 bits per heavy atom. The number of nitrogens with one attached hydrogen (secondary N) is 1. The molecular formula is C16H18F3N3O2S2. The molecule has 0 amide bonds. The van der Waals surface area contributed by atoms with Gasteiger partial charge in [-0.3, -0.25) is 0 Å². The van der Waals surface area contributed by atoms with Crippen LogP contribution in [0.3, 0.4) is 0 Å². The molecule has 2 aromatic rings. The van der Waals surface area contributed by atoms with Crippen LogP contribution in [0.5, 0.6) is 0 Å². The molecule has 0 saturated carbocycles. The van der Waals surface area contributed by atoms with E-state index in [0.717, 1.165) is 17.3 Å². The standard InChI is InChI=1S/C16H18F3N3O2S2/c17-16(18,19)13-3-1-12(2-4-13)11-26(23,24)21-14-5-8-22(9-6-14)15-20-7-10-25-15/h1-4,7,10,14,21H,5-6,8-9,11H2. The highest BCUT2D eigenvalue weighted by Gasteiger charge is 2.30. The molecule has 0 atom stereocenters. The van der Waals surface area contributed by atoms with Crippen molar-refractivity contribution in [2.45, 2.75) is 30.8 Å². The molecule has 0 bridgehead atoms. The Hall–Kier alpha value is -1.65. The molecule has 142 valence electrons. The van der Waals surface area contributed by atoms with Crippen LogP contribution in [-0.4, -0.2) is 32.5 Å². The van der Waals surface area contributed by atoms with Gasteiger partial charge in [-0.15, -0.1) is 11.3 Å². The summed E-state index contributed by atoms with van der Waals surface area (Å²) in [5, 5.41) is 2.82. The van der Waals surface area contributed by atoms with Gasteiger partial charge in [0.1, 0.15) is 0 Å². The Morgan fingerprint density at radius 3 is 2.38 bits per heavy atom. The summed E-state index contributed by atoms with van der Waals surface area (Å²) in [6.45, 7) is 1.42. The summed E-state index contributed by atoms with van der Waals surface area (Å²) in [5.41, 5.74) is -0.466. The fourth-order valence-corrected chi connectivity index (χ4v) is 5.02. The molecule has 1 aromatic heterocycles. The number of rotatable bonds is 5. The normalized spacial score (nSPS) is 16.8. The minimum atomic E-state index is -4.43. The molecule has 1 saturated heterocycles. The van der Waals surface area contributed by atoms with Crippen molar-refractivity contribution in [1.82, 2.24) is 9.71 Å². The summed E-state index contributed by atoms with van der Waals surface area (Å²) < 4.78 is 65.0. The number of halogens is 3. The molecule has 1 aromatic carbocycles. The van der Waals surface area contributed by atoms with Gasteiger partial charge < -0.3 is 4.90 Å². The van der Waals surface area contributed by atoms with Crippen LogP contribution in [0.1, 0.15) is 24.0 Å². The van der Waals surface area contributed by atoms with Crippen molar-refractivity contribution in [3.63, 3.8) is 0 Å². The third-order valence-corrected chi connectivity index (χ3v) is 6.41. The molecule has 1 fully saturated rings. The molecule has 1 aliphatic heterocycles. The number of alkyl halides is 3. The average molecular weight is 405 g/mol. The molecule has 5 nitrogen and oxygen atoms in total. The number of sulfonamides is 1. The highest BCUT2D eigenvalue weighted by atomic mass is 32.2. The van der Waals surface area contributed by atoms with Gasteiger partial charge in [0, 0.05) is 30.7 Å². The van der Waals surface area contributed by atoms with Gasteiger partial charge in [-0.05, 0) is 30.5 Å². The number of hydrogen-bond donors (Lipinski definition) is 1. The second kappa shape index (κ2) is 7.53. The molecule has 10 heteroatoms. The van der Waals surface area contributed by atoms with E-state index in [1.807, 2.05) is 5.38 Å². The van der Waals surface area contributed by atoms with E-state index in [2.05, 4.69) is 14.6 Å². The molecule has 0 spiro atoms. The van der Waals surface area contributed by atoms with E-state index in [1.165, 1.54) is 12.1 Å². The number of anilines is 1. The molecule has 1 N–H and O–H groups in total. The lowest BCUT2D eigenvalue weighted by atomic mass is 10.1. The Bertz CT molecular complexity index is 813. The van der Waals surface area contributed by atoms with Crippen molar-refractivity contribution in [3.8, 4) is 0 Å². The van der Waals surface area contributed by atoms with Crippen LogP contribution >= 0.6 is 11.3 Å². The number of piperidine rings is 1. The zero-order chi connectivity index (χ0) is 18.8. The lowest BCUT2D eigenvalue weighted by Crippen LogP contribution is -2.44. The molecule has 3 rings (SSSR count). The van der Waals surface area contributed by atoms with E-state index in [9.17, 15) is 21.6 Å². The van der Waals surface area contributed by atoms with E-state index in [4.69, 9.17) is 0 Å². The van der Waals surface area contributed by atoms with Crippen LogP contribution < -0.4 is 9.62 Å². The Balaban J connectivity index is 1.54. The zero-order valence-corrected chi connectivity index (χ0v) is 15.4. The highest BCUT2D eigenvalue weighted by molar-refractivity contribution is 7.88. The van der Waals surface area contributed by atoms with Crippen molar-refractivity contribution in [1.29, 1.82) is 0 Å². The molecular weight excluding hydrogens is 387 g/mol. The summed E-state index contributed by atoms with van der Waals surface area (Å²) in [4.78, 5) is 6.36. The second-order valence-corrected chi connectivity index (χ2v) is 8.77. The summed E-state index contributed by atoms with van der Waals surface area (Å²) in [6.07, 6.45) is -1.38. The van der Waals surface area contributed by atoms with Gasteiger partial charge in [0.05, 0.1) is 11.3 Å². The number of nitrogens with zero attached hydrogens (tertiary/aromatic N) is 2. The molecule has 26 heavy (non-hydrogen) atoms. The predicted molar refractivity (Wildman–Crippen MR) is 94.6 cm³/mol. The Labute approximate surface area is 153 Å². The molecule has 0 unspecified atom stereocenters. The maximum Gasteiger partial charge on any atom is 0.416 e. The predicted octanol–water partition coefficient (Wildman–Crippen LogP) is 3.25. The first-order valence-electron chi connectivity index (χ1n) is 8.03. The van der Waals surface area contributed by atoms with Crippen molar-refractivity contribution in [2.24, 2.45) is 0 Å². The number of benzene rings is 1. The van der Waals surface area contributed by atoms with E-state index >= 15 is 0 Å². The third kappa shape index (κ3) is 4.95. The minimum Gasteiger partial charge on any atom is -0.348 e. The van der Waals surface area contributed by atoms with E-state index in [0.29, 0.717) is 31.5 Å². The van der Waals surface area contributed by atoms with Crippen LogP contribution in [0.15, 0.2) is 35.8 Å². The van der Waals surface area contributed by atoms with E-state index in [1.54, 1.807) is 17.5 Å². The smallest absolute Gasteiger partial charge is 0.348 e. The van der Waals surface area contributed by atoms with Crippen LogP contribution in [0, 0.1) is 0 Å². The number of thiazole rings is 1. The topological polar surface area (TPSA) is 62.3 Å². The van der Waals surface area contributed by atoms with Gasteiger partial charge in [-0.25, -0.2) is 18.1 Å². The van der Waals surface area contributed by atoms with Crippen molar-refractivity contribution in [3.05, 3.63) is 47.0 Å². The van der Waals surface area contributed by atoms with Crippen LogP contribution in [0.4, 0.5) is 18.3 Å². The molecule has 2 heterocycles. The first-order chi connectivity index (χ1) is 12.2. The average Bonchev–Trinajstić information content (AvgIpc) is 3.09. The Morgan fingerprint density at radius 1 is 1.19 bits per heavy atom. The SMILES string of the molecule is O=S(=O)(Cc1ccc(C(F)(F)F)cc1)NC1CCN(c2nccs2)CC1. The van der Waals surface area contributed by atoms with Gasteiger partial charge in [-0.1, -0.05) is 12.1 Å². The first-order valence-corrected chi connectivity index (χ1v) is 10.6. The highest BCUT2D eigenvalue weighted by Crippen LogP contribution is 2.29. The van der Waals surface area contributed by atoms with Crippen molar-refractivity contribution >= 4 is 26.5 Å². The summed E-state index contributed by atoms with van der Waals surface area (Å²) in [5.74, 6) is -0.335. The van der Waals surface area contributed by atoms with Gasteiger partial charge in [0.25, 0.3) is 0 Å². The van der Waals surface area contributed by atoms with Gasteiger partial charge in [0.2, 0.25) is 10.0 Å². The van der Waals surface area contributed by atoms with Crippen molar-refractivity contribution in [2.75, 3.05) is 18.0 Å². The third-order valence-electron chi connectivity index (χ3n) is 4.17. The monoisotopic (exact) mass is 405 g/mol. The summed E-state index contributed by atoms with van der Waals surface area (Å²) in [6, 6.07) is 4.03. The quantitative estimate of drug-likeness (QED) is 0.830. The van der Waals surface area contributed by atoms with Gasteiger partial charge in [-0.2, -0.15) is 13.2 Å². The van der Waals surface area contributed by atoms with Crippen LogP contribution in [-0.2, 0) is 22.0 Å². The summed E-state index contributed by atoms with van der Waals surface area (Å²) in [7, 11) is -3.62. The van der Waals surface area contributed by atoms with Crippen molar-refractivity contribution < 1.29 is 21.6 Å². The fraction of sp³-hybridized carbons (Fsp3) is 0.438. The lowest BCUT2D eigenvalue weighted by molar-refractivity contribution is -0.137. The largest absolute Gasteiger partial charge is 0.416 e. The number of aromatic nitrogens is 1. The Kier molecular flexibility index (Phi) is 5.54. The second-order valence-electron chi connectivity index (χ2n) is 6.15. The maximum absolute atomic E-state index is 12.6. The van der Waals surface area contributed by atoms with Crippen LogP contribution in [0.2, 0.25) is 0 Å². The van der Waals surface area contributed by atoms with Gasteiger partial charge >= 0.3 is 6.18 Å². The summed E-state index contributed by atoms with van der Waals surface area (Å²) >= 11 is 1.54.